The number of halogens is 3. The van der Waals surface area contributed by atoms with Crippen LogP contribution in [0, 0.1) is 29.6 Å². The molecule has 4 aromatic rings. The van der Waals surface area contributed by atoms with Crippen molar-refractivity contribution in [3.8, 4) is 16.5 Å². The number of carbonyl (C=O) groups is 4. The number of nitrogens with one attached hydrogen (secondary N) is 2. The van der Waals surface area contributed by atoms with Gasteiger partial charge >= 0.3 is 6.18 Å². The summed E-state index contributed by atoms with van der Waals surface area (Å²) in [6, 6.07) is 18.1. The minimum absolute atomic E-state index is 0.00379. The first-order valence-electron chi connectivity index (χ1n) is 21.6. The Bertz CT molecular complexity index is 2520. The van der Waals surface area contributed by atoms with E-state index in [1.165, 1.54) is 11.0 Å². The number of aliphatic hydroxyl groups is 1. The minimum atomic E-state index is -4.81. The highest BCUT2D eigenvalue weighted by Crippen LogP contribution is 2.42. The highest BCUT2D eigenvalue weighted by molar-refractivity contribution is 7.81. The molecule has 342 valence electrons. The van der Waals surface area contributed by atoms with Crippen LogP contribution in [0.15, 0.2) is 72.2 Å². The molecule has 3 aliphatic rings. The number of hydrogen-bond donors (Lipinski definition) is 3. The monoisotopic (exact) mass is 927 g/mol. The first-order valence-corrected chi connectivity index (χ1v) is 22.8. The molecule has 3 fully saturated rings. The predicted octanol–water partition coefficient (Wildman–Crippen LogP) is 8.01. The number of anilines is 2. The highest BCUT2D eigenvalue weighted by Gasteiger charge is 2.51. The van der Waals surface area contributed by atoms with Crippen LogP contribution in [0.4, 0.5) is 24.5 Å². The maximum Gasteiger partial charge on any atom is 0.417 e. The van der Waals surface area contributed by atoms with Gasteiger partial charge in [0.1, 0.15) is 17.6 Å². The van der Waals surface area contributed by atoms with Gasteiger partial charge in [0.25, 0.3) is 5.91 Å². The molecule has 1 aliphatic carbocycles. The van der Waals surface area contributed by atoms with E-state index < -0.39 is 58.3 Å². The van der Waals surface area contributed by atoms with E-state index in [4.69, 9.17) is 12.2 Å². The third-order valence-electron chi connectivity index (χ3n) is 12.8. The number of hydrogen-bond acceptors (Lipinski definition) is 9. The lowest BCUT2D eigenvalue weighted by molar-refractivity contribution is -0.144. The molecule has 3 N–H and O–H groups in total. The number of β-amino-alcohol motifs (C(OH)–C–C–N with tert-alkyl or cyclic N) is 1. The summed E-state index contributed by atoms with van der Waals surface area (Å²) in [5.41, 5.74) is 2.52. The van der Waals surface area contributed by atoms with Crippen molar-refractivity contribution in [2.75, 3.05) is 16.3 Å². The second-order valence-electron chi connectivity index (χ2n) is 18.7. The van der Waals surface area contributed by atoms with E-state index in [2.05, 4.69) is 15.6 Å². The van der Waals surface area contributed by atoms with Gasteiger partial charge in [-0.15, -0.1) is 11.3 Å². The molecule has 12 nitrogen and oxygen atoms in total. The van der Waals surface area contributed by atoms with E-state index >= 15 is 0 Å². The summed E-state index contributed by atoms with van der Waals surface area (Å²) in [7, 11) is 0. The summed E-state index contributed by atoms with van der Waals surface area (Å²) in [4.78, 5) is 64.9. The number of alkyl halides is 3. The number of aryl methyl sites for hydroxylation is 1. The number of rotatable bonds is 10. The normalized spacial score (nSPS) is 21.6. The van der Waals surface area contributed by atoms with Gasteiger partial charge in [0.15, 0.2) is 5.11 Å². The van der Waals surface area contributed by atoms with Crippen LogP contribution in [0.3, 0.4) is 0 Å². The van der Waals surface area contributed by atoms with Crippen molar-refractivity contribution >= 4 is 63.7 Å². The van der Waals surface area contributed by atoms with Crippen molar-refractivity contribution in [1.29, 1.82) is 5.26 Å². The summed E-state index contributed by atoms with van der Waals surface area (Å²) >= 11 is 7.26. The molecule has 3 heterocycles. The van der Waals surface area contributed by atoms with Gasteiger partial charge in [-0.1, -0.05) is 57.2 Å². The fourth-order valence-corrected chi connectivity index (χ4v) is 10.4. The lowest BCUT2D eigenvalue weighted by Crippen LogP contribution is -2.58. The lowest BCUT2D eigenvalue weighted by atomic mass is 9.77. The number of amides is 4. The first-order chi connectivity index (χ1) is 30.6. The van der Waals surface area contributed by atoms with Crippen LogP contribution in [0.2, 0.25) is 0 Å². The van der Waals surface area contributed by atoms with E-state index in [-0.39, 0.29) is 54.0 Å². The molecule has 3 atom stereocenters. The predicted molar refractivity (Wildman–Crippen MR) is 246 cm³/mol. The van der Waals surface area contributed by atoms with Crippen LogP contribution in [0.1, 0.15) is 101 Å². The molecule has 0 bridgehead atoms. The van der Waals surface area contributed by atoms with E-state index in [1.807, 2.05) is 76.2 Å². The summed E-state index contributed by atoms with van der Waals surface area (Å²) in [6.45, 7) is 11.0. The number of likely N-dealkylation sites (tertiary alicyclic amines) is 1. The summed E-state index contributed by atoms with van der Waals surface area (Å²) in [5, 5.41) is 25.9. The Morgan fingerprint density at radius 3 is 2.22 bits per heavy atom. The van der Waals surface area contributed by atoms with Crippen molar-refractivity contribution in [2.24, 2.45) is 11.3 Å². The molecular formula is C48H52F3N7O5S2. The number of nitriles is 1. The molecule has 7 rings (SSSR count). The smallest absolute Gasteiger partial charge is 0.391 e. The highest BCUT2D eigenvalue weighted by atomic mass is 32.1. The zero-order chi connectivity index (χ0) is 47.2. The Kier molecular flexibility index (Phi) is 13.3. The van der Waals surface area contributed by atoms with Gasteiger partial charge in [-0.2, -0.15) is 18.4 Å². The summed E-state index contributed by atoms with van der Waals surface area (Å²) < 4.78 is 41.4. The Morgan fingerprint density at radius 2 is 1.63 bits per heavy atom. The number of carbonyl (C=O) groups excluding carboxylic acids is 4. The van der Waals surface area contributed by atoms with E-state index in [9.17, 15) is 42.7 Å². The Labute approximate surface area is 385 Å². The number of thiocarbonyl (C=S) groups is 1. The van der Waals surface area contributed by atoms with Gasteiger partial charge in [-0.05, 0) is 117 Å². The number of thiazole rings is 1. The van der Waals surface area contributed by atoms with Gasteiger partial charge in [-0.3, -0.25) is 24.1 Å². The zero-order valence-electron chi connectivity index (χ0n) is 37.0. The van der Waals surface area contributed by atoms with Crippen molar-refractivity contribution in [1.82, 2.24) is 20.5 Å². The zero-order valence-corrected chi connectivity index (χ0v) is 38.7. The van der Waals surface area contributed by atoms with Crippen molar-refractivity contribution in [2.45, 2.75) is 116 Å². The molecule has 0 radical (unpaired) electrons. The third-order valence-corrected chi connectivity index (χ3v) is 14.1. The maximum absolute atomic E-state index is 14.3. The average molecular weight is 928 g/mol. The molecule has 17 heteroatoms. The van der Waals surface area contributed by atoms with Gasteiger partial charge < -0.3 is 25.5 Å². The third kappa shape index (κ3) is 9.66. The molecule has 1 aromatic heterocycles. The van der Waals surface area contributed by atoms with E-state index in [1.54, 1.807) is 41.7 Å². The molecule has 2 aliphatic heterocycles. The molecule has 65 heavy (non-hydrogen) atoms. The Balaban J connectivity index is 0.959. The number of benzene rings is 3. The number of aliphatic hydroxyl groups excluding tert-OH is 1. The molecule has 3 aromatic carbocycles. The minimum Gasteiger partial charge on any atom is -0.391 e. The van der Waals surface area contributed by atoms with Crippen LogP contribution in [-0.2, 0) is 31.9 Å². The molecule has 1 saturated carbocycles. The maximum atomic E-state index is 14.3. The molecule has 0 spiro atoms. The Morgan fingerprint density at radius 1 is 0.985 bits per heavy atom. The quantitative estimate of drug-likeness (QED) is 0.134. The fraction of sp³-hybridized carbons (Fsp3) is 0.438. The average Bonchev–Trinajstić information content (AvgIpc) is 3.93. The second kappa shape index (κ2) is 18.3. The molecule has 0 unspecified atom stereocenters. The van der Waals surface area contributed by atoms with Crippen molar-refractivity contribution in [3.63, 3.8) is 0 Å². The molecule has 2 saturated heterocycles. The standard InChI is InChI=1S/C48H52F3N7O5S2/c1-27-39(65-26-54-27)31-9-7-28(8-10-31)24-53-42(61)38-22-36(59)25-56(38)43(62)40(46(2,3)4)55-41(60)32-13-11-29(12-14-32)30-15-18-34(19-16-30)58-45(64)57(44(63)47(58,5)6)35-20-17-33(23-52)37(21-35)48(49,50)51/h7-10,15-21,26,29,32,36,38,40,59H,11-14,22,24-25H2,1-6H3,(H,53,61)(H,55,60)/t29?,32?,36-,38+,40-/m1/s1. The van der Waals surface area contributed by atoms with Crippen LogP contribution in [-0.4, -0.2) is 74.0 Å². The lowest BCUT2D eigenvalue weighted by Gasteiger charge is -2.37. The van der Waals surface area contributed by atoms with Gasteiger partial charge in [0, 0.05) is 31.1 Å². The number of aromatic nitrogens is 1. The van der Waals surface area contributed by atoms with Gasteiger partial charge in [-0.25, -0.2) is 4.98 Å². The second-order valence-corrected chi connectivity index (χ2v) is 19.9. The van der Waals surface area contributed by atoms with Gasteiger partial charge in [0.05, 0.1) is 45.1 Å². The van der Waals surface area contributed by atoms with E-state index in [0.29, 0.717) is 31.4 Å². The Hall–Kier alpha value is -5.70. The van der Waals surface area contributed by atoms with Gasteiger partial charge in [0.2, 0.25) is 17.7 Å². The SMILES string of the molecule is Cc1ncsc1-c1ccc(CNC(=O)[C@@H]2C[C@@H](O)CN2C(=O)[C@@H](NC(=O)C2CCC(c3ccc(N4C(=S)N(c5ccc(C#N)c(C(F)(F)F)c5)C(=O)C4(C)C)cc3)CC2)C(C)(C)C)cc1. The van der Waals surface area contributed by atoms with Crippen LogP contribution < -0.4 is 20.4 Å². The topological polar surface area (TPSA) is 159 Å². The first kappa shape index (κ1) is 47.3. The van der Waals surface area contributed by atoms with E-state index in [0.717, 1.165) is 44.3 Å². The molecule has 4 amide bonds. The number of nitrogens with zero attached hydrogens (tertiary/aromatic N) is 5. The summed E-state index contributed by atoms with van der Waals surface area (Å²) in [5.74, 6) is -1.79. The van der Waals surface area contributed by atoms with Crippen LogP contribution >= 0.6 is 23.6 Å². The largest absolute Gasteiger partial charge is 0.417 e. The van der Waals surface area contributed by atoms with Crippen molar-refractivity contribution < 1.29 is 37.5 Å². The van der Waals surface area contributed by atoms with Crippen molar-refractivity contribution in [3.05, 3.63) is 100 Å². The summed E-state index contributed by atoms with van der Waals surface area (Å²) in [6.07, 6.45) is -3.09. The van der Waals surface area contributed by atoms with Crippen LogP contribution in [0.25, 0.3) is 10.4 Å². The fourth-order valence-electron chi connectivity index (χ4n) is 9.08. The molecular weight excluding hydrogens is 876 g/mol. The van der Waals surface area contributed by atoms with Crippen LogP contribution in [0.5, 0.6) is 0 Å².